The first-order valence-electron chi connectivity index (χ1n) is 10.8. The second-order valence-electron chi connectivity index (χ2n) is 8.89. The summed E-state index contributed by atoms with van der Waals surface area (Å²) in [4.78, 5) is 13.0. The molecule has 154 valence electrons. The number of hydrogen-bond donors (Lipinski definition) is 0. The van der Waals surface area contributed by atoms with Gasteiger partial charge in [-0.05, 0) is 48.8 Å². The predicted octanol–water partition coefficient (Wildman–Crippen LogP) is 3.70. The van der Waals surface area contributed by atoms with Crippen LogP contribution in [0.25, 0.3) is 0 Å². The third-order valence-electron chi connectivity index (χ3n) is 7.02. The van der Waals surface area contributed by atoms with Crippen molar-refractivity contribution in [1.82, 2.24) is 8.87 Å². The van der Waals surface area contributed by atoms with Gasteiger partial charge in [-0.3, -0.25) is 4.79 Å². The fourth-order valence-corrected chi connectivity index (χ4v) is 7.28. The lowest BCUT2D eigenvalue weighted by Gasteiger charge is -2.43. The van der Waals surface area contributed by atoms with Crippen molar-refractivity contribution in [2.45, 2.75) is 61.8 Å². The lowest BCUT2D eigenvalue weighted by Crippen LogP contribution is -2.49. The molecule has 2 aliphatic heterocycles. The molecule has 3 heterocycles. The van der Waals surface area contributed by atoms with Crippen molar-refractivity contribution in [2.24, 2.45) is 5.92 Å². The minimum absolute atomic E-state index is 0.0635. The van der Waals surface area contributed by atoms with Crippen LogP contribution in [0.2, 0.25) is 0 Å². The Morgan fingerprint density at radius 1 is 0.828 bits per heavy atom. The van der Waals surface area contributed by atoms with Crippen molar-refractivity contribution in [3.63, 3.8) is 0 Å². The van der Waals surface area contributed by atoms with E-state index in [4.69, 9.17) is 0 Å². The van der Waals surface area contributed by atoms with Gasteiger partial charge in [-0.25, -0.2) is 8.42 Å². The highest BCUT2D eigenvalue weighted by Gasteiger charge is 2.41. The maximum absolute atomic E-state index is 13.2. The van der Waals surface area contributed by atoms with Gasteiger partial charge in [-0.1, -0.05) is 43.5 Å². The molecule has 29 heavy (non-hydrogen) atoms. The van der Waals surface area contributed by atoms with Crippen molar-refractivity contribution in [1.29, 1.82) is 0 Å². The highest BCUT2D eigenvalue weighted by Crippen LogP contribution is 2.43. The van der Waals surface area contributed by atoms with Crippen molar-refractivity contribution in [3.05, 3.63) is 64.1 Å². The highest BCUT2D eigenvalue weighted by atomic mass is 32.2. The molecule has 1 aromatic heterocycles. The lowest BCUT2D eigenvalue weighted by atomic mass is 9.77. The number of sulfonamides is 1. The zero-order valence-corrected chi connectivity index (χ0v) is 17.5. The summed E-state index contributed by atoms with van der Waals surface area (Å²) in [5, 5.41) is 0. The molecule has 2 fully saturated rings. The molecule has 2 bridgehead atoms. The first kappa shape index (κ1) is 19.1. The number of pyridine rings is 1. The van der Waals surface area contributed by atoms with E-state index in [0.29, 0.717) is 30.4 Å². The van der Waals surface area contributed by atoms with Gasteiger partial charge in [-0.15, -0.1) is 0 Å². The first-order chi connectivity index (χ1) is 14.0. The van der Waals surface area contributed by atoms with Crippen LogP contribution in [0.5, 0.6) is 0 Å². The van der Waals surface area contributed by atoms with E-state index in [9.17, 15) is 13.2 Å². The third-order valence-corrected chi connectivity index (χ3v) is 8.86. The summed E-state index contributed by atoms with van der Waals surface area (Å²) in [5.74, 6) is 0.800. The Morgan fingerprint density at radius 2 is 1.59 bits per heavy atom. The maximum atomic E-state index is 13.2. The zero-order chi connectivity index (χ0) is 20.0. The Labute approximate surface area is 172 Å². The third kappa shape index (κ3) is 3.36. The number of hydrogen-bond acceptors (Lipinski definition) is 3. The summed E-state index contributed by atoms with van der Waals surface area (Å²) in [7, 11) is -3.51. The molecule has 0 amide bonds. The van der Waals surface area contributed by atoms with Crippen LogP contribution in [0.1, 0.15) is 61.6 Å². The van der Waals surface area contributed by atoms with Gasteiger partial charge in [0.1, 0.15) is 0 Å². The van der Waals surface area contributed by atoms with Crippen molar-refractivity contribution >= 4 is 10.0 Å². The minimum atomic E-state index is -3.51. The number of aromatic nitrogens is 1. The van der Waals surface area contributed by atoms with E-state index < -0.39 is 10.0 Å². The van der Waals surface area contributed by atoms with Crippen LogP contribution in [0.3, 0.4) is 0 Å². The monoisotopic (exact) mass is 412 g/mol. The van der Waals surface area contributed by atoms with Gasteiger partial charge >= 0.3 is 0 Å². The summed E-state index contributed by atoms with van der Waals surface area (Å²) in [6, 6.07) is 12.5. The summed E-state index contributed by atoms with van der Waals surface area (Å²) in [6.07, 6.45) is 7.10. The molecule has 1 saturated heterocycles. The molecule has 3 aliphatic rings. The largest absolute Gasteiger partial charge is 0.312 e. The van der Waals surface area contributed by atoms with Gasteiger partial charge < -0.3 is 4.57 Å². The SMILES string of the molecule is O=c1ccc(C2CCCCC2)c2n1C[C@H]1C[C@@H]2CN(S(=O)(=O)c2ccccc2)C1. The molecule has 5 nitrogen and oxygen atoms in total. The summed E-state index contributed by atoms with van der Waals surface area (Å²) in [6.45, 7) is 1.59. The smallest absolute Gasteiger partial charge is 0.250 e. The molecule has 2 atom stereocenters. The standard InChI is InChI=1S/C23H28N2O3S/c26-22-12-11-21(18-7-3-1-4-8-18)23-19-13-17(15-25(22)23)14-24(16-19)29(27,28)20-9-5-2-6-10-20/h2,5-6,9-12,17-19H,1,3-4,7-8,13-16H2/t17-,19+/m0/s1. The summed E-state index contributed by atoms with van der Waals surface area (Å²) in [5.41, 5.74) is 2.48. The summed E-state index contributed by atoms with van der Waals surface area (Å²) >= 11 is 0. The van der Waals surface area contributed by atoms with Crippen LogP contribution < -0.4 is 5.56 Å². The lowest BCUT2D eigenvalue weighted by molar-refractivity contribution is 0.184. The number of nitrogens with zero attached hydrogens (tertiary/aromatic N) is 2. The van der Waals surface area contributed by atoms with Gasteiger partial charge in [0.15, 0.2) is 0 Å². The molecule has 5 rings (SSSR count). The normalized spacial score (nSPS) is 25.5. The second-order valence-corrected chi connectivity index (χ2v) is 10.8. The van der Waals surface area contributed by atoms with Gasteiger partial charge in [0.25, 0.3) is 5.56 Å². The van der Waals surface area contributed by atoms with Crippen LogP contribution in [0, 0.1) is 5.92 Å². The Kier molecular flexibility index (Phi) is 4.87. The van der Waals surface area contributed by atoms with Gasteiger partial charge in [0.2, 0.25) is 10.0 Å². The number of rotatable bonds is 3. The molecule has 2 aromatic rings. The molecule has 0 N–H and O–H groups in total. The molecular formula is C23H28N2O3S. The van der Waals surface area contributed by atoms with Crippen molar-refractivity contribution in [2.75, 3.05) is 13.1 Å². The van der Waals surface area contributed by atoms with E-state index in [1.165, 1.54) is 37.7 Å². The van der Waals surface area contributed by atoms with Crippen LogP contribution in [0.15, 0.2) is 52.2 Å². The Hall–Kier alpha value is -1.92. The van der Waals surface area contributed by atoms with Gasteiger partial charge in [0.05, 0.1) is 4.90 Å². The topological polar surface area (TPSA) is 59.4 Å². The number of benzene rings is 1. The van der Waals surface area contributed by atoms with E-state index in [-0.39, 0.29) is 17.4 Å². The fourth-order valence-electron chi connectivity index (χ4n) is 5.70. The van der Waals surface area contributed by atoms with E-state index in [0.717, 1.165) is 12.1 Å². The zero-order valence-electron chi connectivity index (χ0n) is 16.7. The van der Waals surface area contributed by atoms with E-state index >= 15 is 0 Å². The molecule has 1 saturated carbocycles. The van der Waals surface area contributed by atoms with E-state index in [1.54, 1.807) is 34.6 Å². The molecule has 6 heteroatoms. The number of fused-ring (bicyclic) bond motifs is 4. The first-order valence-corrected chi connectivity index (χ1v) is 12.3. The van der Waals surface area contributed by atoms with Crippen LogP contribution in [-0.4, -0.2) is 30.4 Å². The molecule has 0 spiro atoms. The molecular weight excluding hydrogens is 384 g/mol. The van der Waals surface area contributed by atoms with Gasteiger partial charge in [-0.2, -0.15) is 4.31 Å². The second kappa shape index (κ2) is 7.40. The van der Waals surface area contributed by atoms with Crippen molar-refractivity contribution in [3.8, 4) is 0 Å². The number of piperidine rings is 1. The average molecular weight is 413 g/mol. The van der Waals surface area contributed by atoms with Crippen molar-refractivity contribution < 1.29 is 8.42 Å². The van der Waals surface area contributed by atoms with Crippen LogP contribution in [0.4, 0.5) is 0 Å². The summed E-state index contributed by atoms with van der Waals surface area (Å²) < 4.78 is 30.1. The quantitative estimate of drug-likeness (QED) is 0.772. The van der Waals surface area contributed by atoms with E-state index in [2.05, 4.69) is 0 Å². The fraction of sp³-hybridized carbons (Fsp3) is 0.522. The molecule has 1 aliphatic carbocycles. The highest BCUT2D eigenvalue weighted by molar-refractivity contribution is 7.89. The van der Waals surface area contributed by atoms with Crippen LogP contribution >= 0.6 is 0 Å². The maximum Gasteiger partial charge on any atom is 0.250 e. The Balaban J connectivity index is 1.53. The Bertz CT molecular complexity index is 1060. The molecule has 1 aromatic carbocycles. The molecule has 0 unspecified atom stereocenters. The minimum Gasteiger partial charge on any atom is -0.312 e. The van der Waals surface area contributed by atoms with Crippen LogP contribution in [-0.2, 0) is 16.6 Å². The average Bonchev–Trinajstić information content (AvgIpc) is 2.75. The predicted molar refractivity (Wildman–Crippen MR) is 113 cm³/mol. The Morgan fingerprint density at radius 3 is 2.34 bits per heavy atom. The molecule has 0 radical (unpaired) electrons. The van der Waals surface area contributed by atoms with Gasteiger partial charge in [0, 0.05) is 37.3 Å². The van der Waals surface area contributed by atoms with E-state index in [1.807, 2.05) is 16.7 Å².